The maximum Gasteiger partial charge on any atom is 0.270 e. The van der Waals surface area contributed by atoms with Gasteiger partial charge in [-0.15, -0.1) is 0 Å². The van der Waals surface area contributed by atoms with E-state index in [4.69, 9.17) is 16.1 Å². The monoisotopic (exact) mass is 331 g/mol. The molecule has 0 aliphatic rings. The molecule has 10 heteroatoms. The number of nitrogens with zero attached hydrogens (tertiary/aromatic N) is 2. The molecule has 0 spiro atoms. The summed E-state index contributed by atoms with van der Waals surface area (Å²) < 4.78 is 31.3. The van der Waals surface area contributed by atoms with Gasteiger partial charge >= 0.3 is 0 Å². The number of nitrogens with one attached hydrogen (secondary N) is 1. The smallest absolute Gasteiger partial charge is 0.270 e. The summed E-state index contributed by atoms with van der Waals surface area (Å²) in [5.41, 5.74) is 0.0229. The van der Waals surface area contributed by atoms with Crippen LogP contribution in [-0.4, -0.2) is 18.5 Å². The van der Waals surface area contributed by atoms with Crippen LogP contribution in [0.15, 0.2) is 33.7 Å². The van der Waals surface area contributed by atoms with Crippen molar-refractivity contribution in [3.63, 3.8) is 0 Å². The Kier molecular flexibility index (Phi) is 4.26. The number of nitro groups is 1. The van der Waals surface area contributed by atoms with Crippen LogP contribution < -0.4 is 4.72 Å². The lowest BCUT2D eigenvalue weighted by atomic mass is 10.3. The molecule has 0 fully saturated rings. The van der Waals surface area contributed by atoms with Crippen LogP contribution in [0.2, 0.25) is 5.02 Å². The number of hydrogen-bond acceptors (Lipinski definition) is 6. The van der Waals surface area contributed by atoms with E-state index in [-0.39, 0.29) is 22.2 Å². The average Bonchev–Trinajstić information content (AvgIpc) is 2.82. The Labute approximate surface area is 124 Å². The van der Waals surface area contributed by atoms with E-state index in [9.17, 15) is 18.5 Å². The van der Waals surface area contributed by atoms with Crippen molar-refractivity contribution in [2.24, 2.45) is 0 Å². The Morgan fingerprint density at radius 1 is 1.43 bits per heavy atom. The Morgan fingerprint density at radius 3 is 2.71 bits per heavy atom. The van der Waals surface area contributed by atoms with Gasteiger partial charge in [-0.3, -0.25) is 10.1 Å². The molecule has 1 aromatic heterocycles. The lowest BCUT2D eigenvalue weighted by molar-refractivity contribution is -0.385. The summed E-state index contributed by atoms with van der Waals surface area (Å²) in [7, 11) is -4.00. The molecular formula is C11H10ClN3O5S. The zero-order valence-corrected chi connectivity index (χ0v) is 12.3. The molecule has 0 amide bonds. The molecule has 1 aromatic carbocycles. The number of halogens is 1. The second-order valence-corrected chi connectivity index (χ2v) is 6.27. The van der Waals surface area contributed by atoms with Crippen LogP contribution >= 0.6 is 11.6 Å². The summed E-state index contributed by atoms with van der Waals surface area (Å²) in [6.45, 7) is 1.56. The number of non-ortho nitro benzene ring substituents is 1. The van der Waals surface area contributed by atoms with Crippen LogP contribution in [0.3, 0.4) is 0 Å². The zero-order valence-electron chi connectivity index (χ0n) is 10.7. The van der Waals surface area contributed by atoms with Crippen LogP contribution in [0, 0.1) is 17.0 Å². The van der Waals surface area contributed by atoms with Gasteiger partial charge < -0.3 is 4.52 Å². The molecule has 0 bridgehead atoms. The highest BCUT2D eigenvalue weighted by Crippen LogP contribution is 2.26. The van der Waals surface area contributed by atoms with Crippen molar-refractivity contribution in [3.8, 4) is 0 Å². The van der Waals surface area contributed by atoms with Gasteiger partial charge in [0.05, 0.1) is 22.2 Å². The summed E-state index contributed by atoms with van der Waals surface area (Å²) in [6, 6.07) is 4.76. The molecule has 0 saturated heterocycles. The molecule has 2 rings (SSSR count). The Balaban J connectivity index is 2.26. The molecule has 112 valence electrons. The van der Waals surface area contributed by atoms with Gasteiger partial charge in [-0.05, 0) is 13.0 Å². The highest BCUT2D eigenvalue weighted by molar-refractivity contribution is 7.89. The van der Waals surface area contributed by atoms with E-state index in [0.29, 0.717) is 11.5 Å². The molecule has 1 N–H and O–H groups in total. The van der Waals surface area contributed by atoms with Crippen LogP contribution in [0.25, 0.3) is 0 Å². The topological polar surface area (TPSA) is 115 Å². The van der Waals surface area contributed by atoms with Crippen molar-refractivity contribution in [1.29, 1.82) is 0 Å². The van der Waals surface area contributed by atoms with E-state index < -0.39 is 14.9 Å². The fourth-order valence-corrected chi connectivity index (χ4v) is 3.08. The molecule has 0 aliphatic heterocycles. The number of aromatic nitrogens is 1. The molecule has 8 nitrogen and oxygen atoms in total. The third-order valence-corrected chi connectivity index (χ3v) is 4.42. The van der Waals surface area contributed by atoms with Crippen LogP contribution in [0.5, 0.6) is 0 Å². The van der Waals surface area contributed by atoms with Crippen molar-refractivity contribution < 1.29 is 17.9 Å². The summed E-state index contributed by atoms with van der Waals surface area (Å²) in [6.07, 6.45) is 0. The van der Waals surface area contributed by atoms with Crippen LogP contribution in [0.4, 0.5) is 5.69 Å². The number of aryl methyl sites for hydroxylation is 1. The predicted octanol–water partition coefficient (Wildman–Crippen LogP) is 2.02. The van der Waals surface area contributed by atoms with E-state index >= 15 is 0 Å². The molecule has 0 radical (unpaired) electrons. The maximum absolute atomic E-state index is 12.1. The third kappa shape index (κ3) is 3.57. The Hall–Kier alpha value is -1.97. The summed E-state index contributed by atoms with van der Waals surface area (Å²) in [5.74, 6) is 0.539. The third-order valence-electron chi connectivity index (χ3n) is 2.54. The standard InChI is InChI=1S/C11H10ClN3O5S/c1-7-4-8(14-20-7)6-13-21(18,19)11-5-9(15(16)17)2-3-10(11)12/h2-5,13H,6H2,1H3. The minimum Gasteiger partial charge on any atom is -0.361 e. The quantitative estimate of drug-likeness (QED) is 0.662. The second kappa shape index (κ2) is 5.80. The van der Waals surface area contributed by atoms with E-state index in [2.05, 4.69) is 9.88 Å². The van der Waals surface area contributed by atoms with Gasteiger partial charge in [-0.25, -0.2) is 13.1 Å². The minimum atomic E-state index is -4.00. The average molecular weight is 332 g/mol. The van der Waals surface area contributed by atoms with E-state index in [1.165, 1.54) is 0 Å². The van der Waals surface area contributed by atoms with Crippen molar-refractivity contribution in [2.75, 3.05) is 0 Å². The molecule has 0 atom stereocenters. The lowest BCUT2D eigenvalue weighted by Crippen LogP contribution is -2.23. The normalized spacial score (nSPS) is 11.5. The van der Waals surface area contributed by atoms with Crippen molar-refractivity contribution in [3.05, 3.63) is 50.9 Å². The Morgan fingerprint density at radius 2 is 2.14 bits per heavy atom. The van der Waals surface area contributed by atoms with Crippen LogP contribution in [0.1, 0.15) is 11.5 Å². The second-order valence-electron chi connectivity index (χ2n) is 4.13. The van der Waals surface area contributed by atoms with Crippen molar-refractivity contribution in [1.82, 2.24) is 9.88 Å². The molecule has 0 unspecified atom stereocenters. The highest BCUT2D eigenvalue weighted by Gasteiger charge is 2.21. The fraction of sp³-hybridized carbons (Fsp3) is 0.182. The number of sulfonamides is 1. The first-order chi connectivity index (χ1) is 9.79. The van der Waals surface area contributed by atoms with Gasteiger partial charge in [0.15, 0.2) is 0 Å². The fourth-order valence-electron chi connectivity index (χ4n) is 1.56. The van der Waals surface area contributed by atoms with E-state index in [1.54, 1.807) is 13.0 Å². The molecule has 2 aromatic rings. The van der Waals surface area contributed by atoms with Gasteiger partial charge in [0.1, 0.15) is 10.7 Å². The number of nitro benzene ring substituents is 1. The summed E-state index contributed by atoms with van der Waals surface area (Å²) in [5, 5.41) is 14.2. The first kappa shape index (κ1) is 15.4. The molecule has 1 heterocycles. The maximum atomic E-state index is 12.1. The lowest BCUT2D eigenvalue weighted by Gasteiger charge is -2.06. The molecule has 0 aliphatic carbocycles. The van der Waals surface area contributed by atoms with Crippen molar-refractivity contribution in [2.45, 2.75) is 18.4 Å². The zero-order chi connectivity index (χ0) is 15.6. The van der Waals surface area contributed by atoms with Gasteiger partial charge in [0, 0.05) is 18.2 Å². The largest absolute Gasteiger partial charge is 0.361 e. The number of rotatable bonds is 5. The first-order valence-corrected chi connectivity index (χ1v) is 7.51. The van der Waals surface area contributed by atoms with Crippen molar-refractivity contribution >= 4 is 27.3 Å². The van der Waals surface area contributed by atoms with E-state index in [0.717, 1.165) is 18.2 Å². The highest BCUT2D eigenvalue weighted by atomic mass is 35.5. The number of hydrogen-bond donors (Lipinski definition) is 1. The SMILES string of the molecule is Cc1cc(CNS(=O)(=O)c2cc([N+](=O)[O-])ccc2Cl)no1. The number of benzene rings is 1. The van der Waals surface area contributed by atoms with Gasteiger partial charge in [-0.1, -0.05) is 16.8 Å². The summed E-state index contributed by atoms with van der Waals surface area (Å²) in [4.78, 5) is 9.64. The van der Waals surface area contributed by atoms with Gasteiger partial charge in [-0.2, -0.15) is 0 Å². The Bertz CT molecular complexity index is 787. The molecular weight excluding hydrogens is 322 g/mol. The van der Waals surface area contributed by atoms with Gasteiger partial charge in [0.25, 0.3) is 5.69 Å². The first-order valence-electron chi connectivity index (χ1n) is 5.65. The van der Waals surface area contributed by atoms with Crippen LogP contribution in [-0.2, 0) is 16.6 Å². The predicted molar refractivity (Wildman–Crippen MR) is 73.4 cm³/mol. The van der Waals surface area contributed by atoms with Gasteiger partial charge in [0.2, 0.25) is 10.0 Å². The van der Waals surface area contributed by atoms with E-state index in [1.807, 2.05) is 0 Å². The molecule has 21 heavy (non-hydrogen) atoms. The summed E-state index contributed by atoms with van der Waals surface area (Å²) >= 11 is 5.80. The minimum absolute atomic E-state index is 0.107. The molecule has 0 saturated carbocycles.